The van der Waals surface area contributed by atoms with Crippen LogP contribution in [0.5, 0.6) is 28.7 Å². The molecule has 2 aromatic heterocycles. The first-order chi connectivity index (χ1) is 20.9. The van der Waals surface area contributed by atoms with E-state index in [1.165, 1.54) is 40.1 Å². The SMILES string of the molecule is COC(=O)c1c(-c2cc(OC)c(OC)c(OC)c2)c2cc(OC)c(OCc3cccnc3)cc2c(=O)n1-c1ccccc1.Cl. The highest BCUT2D eigenvalue weighted by atomic mass is 35.5. The van der Waals surface area contributed by atoms with E-state index in [1.54, 1.807) is 60.9 Å². The number of para-hydroxylation sites is 1. The van der Waals surface area contributed by atoms with Crippen molar-refractivity contribution in [2.45, 2.75) is 6.61 Å². The number of fused-ring (bicyclic) bond motifs is 1. The molecular formula is C33H31ClN2O8. The maximum Gasteiger partial charge on any atom is 0.355 e. The van der Waals surface area contributed by atoms with E-state index in [0.717, 1.165) is 5.56 Å². The van der Waals surface area contributed by atoms with Gasteiger partial charge in [-0.05, 0) is 48.0 Å². The van der Waals surface area contributed by atoms with Gasteiger partial charge in [-0.3, -0.25) is 14.3 Å². The Morgan fingerprint density at radius 1 is 0.773 bits per heavy atom. The van der Waals surface area contributed by atoms with E-state index in [-0.39, 0.29) is 30.1 Å². The Balaban J connectivity index is 0.00000442. The lowest BCUT2D eigenvalue weighted by Crippen LogP contribution is -2.27. The van der Waals surface area contributed by atoms with Crippen LogP contribution in [0.2, 0.25) is 0 Å². The number of carbonyl (C=O) groups excluding carboxylic acids is 1. The number of hydrogen-bond acceptors (Lipinski definition) is 9. The Bertz CT molecular complexity index is 1820. The number of benzene rings is 3. The lowest BCUT2D eigenvalue weighted by atomic mass is 9.95. The molecule has 44 heavy (non-hydrogen) atoms. The second-order valence-corrected chi connectivity index (χ2v) is 9.30. The van der Waals surface area contributed by atoms with Gasteiger partial charge in [0.25, 0.3) is 5.56 Å². The number of ether oxygens (including phenoxy) is 6. The molecule has 228 valence electrons. The minimum atomic E-state index is -0.720. The minimum Gasteiger partial charge on any atom is -0.493 e. The van der Waals surface area contributed by atoms with E-state index in [1.807, 2.05) is 18.2 Å². The second-order valence-electron chi connectivity index (χ2n) is 9.30. The Kier molecular flexibility index (Phi) is 9.97. The third-order valence-corrected chi connectivity index (χ3v) is 6.93. The van der Waals surface area contributed by atoms with Gasteiger partial charge >= 0.3 is 5.97 Å². The van der Waals surface area contributed by atoms with E-state index < -0.39 is 11.5 Å². The number of esters is 1. The summed E-state index contributed by atoms with van der Waals surface area (Å²) in [5, 5.41) is 0.708. The molecule has 0 bridgehead atoms. The van der Waals surface area contributed by atoms with Crippen LogP contribution in [0.1, 0.15) is 16.1 Å². The highest BCUT2D eigenvalue weighted by molar-refractivity contribution is 6.08. The number of halogens is 1. The van der Waals surface area contributed by atoms with E-state index in [2.05, 4.69) is 4.98 Å². The van der Waals surface area contributed by atoms with Crippen molar-refractivity contribution in [2.24, 2.45) is 0 Å². The first-order valence-electron chi connectivity index (χ1n) is 13.2. The summed E-state index contributed by atoms with van der Waals surface area (Å²) < 4.78 is 35.2. The maximum atomic E-state index is 14.3. The average molecular weight is 619 g/mol. The number of methoxy groups -OCH3 is 5. The van der Waals surface area contributed by atoms with Crippen LogP contribution in [0.4, 0.5) is 0 Å². The fraction of sp³-hybridized carbons (Fsp3) is 0.182. The largest absolute Gasteiger partial charge is 0.493 e. The fourth-order valence-corrected chi connectivity index (χ4v) is 4.95. The molecule has 0 N–H and O–H groups in total. The lowest BCUT2D eigenvalue weighted by molar-refractivity contribution is 0.0591. The third kappa shape index (κ3) is 5.84. The molecular weight excluding hydrogens is 588 g/mol. The van der Waals surface area contributed by atoms with E-state index >= 15 is 0 Å². The number of hydrogen-bond donors (Lipinski definition) is 0. The summed E-state index contributed by atoms with van der Waals surface area (Å²) in [7, 11) is 7.27. The summed E-state index contributed by atoms with van der Waals surface area (Å²) in [6.45, 7) is 0.197. The molecule has 0 spiro atoms. The highest BCUT2D eigenvalue weighted by Crippen LogP contribution is 2.45. The topological polar surface area (TPSA) is 107 Å². The van der Waals surface area contributed by atoms with Gasteiger partial charge < -0.3 is 28.4 Å². The monoisotopic (exact) mass is 618 g/mol. The van der Waals surface area contributed by atoms with Crippen molar-refractivity contribution in [1.29, 1.82) is 0 Å². The van der Waals surface area contributed by atoms with E-state index in [9.17, 15) is 9.59 Å². The predicted molar refractivity (Wildman–Crippen MR) is 168 cm³/mol. The lowest BCUT2D eigenvalue weighted by Gasteiger charge is -2.21. The Hall–Kier alpha value is -5.22. The van der Waals surface area contributed by atoms with Crippen molar-refractivity contribution in [3.05, 3.63) is 101 Å². The summed E-state index contributed by atoms with van der Waals surface area (Å²) >= 11 is 0. The standard InChI is InChI=1S/C33H30N2O8.ClH/c1-38-25-16-23-24(17-26(25)43-19-20-10-9-13-34-18-20)32(36)35(22-11-7-6-8-12-22)30(33(37)42-5)29(23)21-14-27(39-2)31(41-4)28(15-21)40-3;/h6-18H,19H2,1-5H3;1H. The van der Waals surface area contributed by atoms with Gasteiger partial charge in [0.1, 0.15) is 12.3 Å². The van der Waals surface area contributed by atoms with Crippen molar-refractivity contribution in [3.8, 4) is 45.6 Å². The normalized spacial score (nSPS) is 10.5. The molecule has 0 fully saturated rings. The average Bonchev–Trinajstić information content (AvgIpc) is 3.06. The van der Waals surface area contributed by atoms with Gasteiger partial charge in [-0.1, -0.05) is 24.3 Å². The molecule has 0 aliphatic heterocycles. The maximum absolute atomic E-state index is 14.3. The van der Waals surface area contributed by atoms with Gasteiger partial charge in [-0.25, -0.2) is 4.79 Å². The van der Waals surface area contributed by atoms with E-state index in [0.29, 0.717) is 50.9 Å². The molecule has 10 nitrogen and oxygen atoms in total. The van der Waals surface area contributed by atoms with Crippen LogP contribution < -0.4 is 29.2 Å². The number of nitrogens with zero attached hydrogens (tertiary/aromatic N) is 2. The van der Waals surface area contributed by atoms with Crippen LogP contribution in [0.15, 0.2) is 83.9 Å². The Morgan fingerprint density at radius 2 is 1.43 bits per heavy atom. The van der Waals surface area contributed by atoms with E-state index in [4.69, 9.17) is 28.4 Å². The molecule has 0 atom stereocenters. The highest BCUT2D eigenvalue weighted by Gasteiger charge is 2.28. The van der Waals surface area contributed by atoms with Crippen molar-refractivity contribution in [3.63, 3.8) is 0 Å². The van der Waals surface area contributed by atoms with Crippen molar-refractivity contribution < 1.29 is 33.2 Å². The van der Waals surface area contributed by atoms with Gasteiger partial charge in [-0.15, -0.1) is 12.4 Å². The zero-order valence-corrected chi connectivity index (χ0v) is 25.6. The number of carbonyl (C=O) groups is 1. The quantitative estimate of drug-likeness (QED) is 0.177. The first kappa shape index (κ1) is 31.7. The summed E-state index contributed by atoms with van der Waals surface area (Å²) in [6, 6.07) is 19.3. The number of pyridine rings is 2. The van der Waals surface area contributed by atoms with Crippen molar-refractivity contribution in [2.75, 3.05) is 35.5 Å². The first-order valence-corrected chi connectivity index (χ1v) is 13.2. The minimum absolute atomic E-state index is 0. The summed E-state index contributed by atoms with van der Waals surface area (Å²) in [4.78, 5) is 32.0. The van der Waals surface area contributed by atoms with Gasteiger partial charge in [0.2, 0.25) is 5.75 Å². The van der Waals surface area contributed by atoms with Crippen LogP contribution in [0.3, 0.4) is 0 Å². The predicted octanol–water partition coefficient (Wildman–Crippen LogP) is 5.87. The zero-order chi connectivity index (χ0) is 30.5. The van der Waals surface area contributed by atoms with Gasteiger partial charge in [-0.2, -0.15) is 0 Å². The zero-order valence-electron chi connectivity index (χ0n) is 24.8. The van der Waals surface area contributed by atoms with Gasteiger partial charge in [0.05, 0.1) is 40.9 Å². The molecule has 11 heteroatoms. The molecule has 0 amide bonds. The van der Waals surface area contributed by atoms with Crippen LogP contribution in [-0.4, -0.2) is 51.1 Å². The third-order valence-electron chi connectivity index (χ3n) is 6.93. The van der Waals surface area contributed by atoms with Crippen molar-refractivity contribution >= 4 is 29.1 Å². The summed E-state index contributed by atoms with van der Waals surface area (Å²) in [5.41, 5.74) is 1.76. The molecule has 0 saturated heterocycles. The summed E-state index contributed by atoms with van der Waals surface area (Å²) in [6.07, 6.45) is 3.37. The fourth-order valence-electron chi connectivity index (χ4n) is 4.95. The van der Waals surface area contributed by atoms with Crippen LogP contribution >= 0.6 is 12.4 Å². The summed E-state index contributed by atoms with van der Waals surface area (Å²) in [5.74, 6) is 1.08. The number of aromatic nitrogens is 2. The van der Waals surface area contributed by atoms with Crippen LogP contribution in [0, 0.1) is 0 Å². The van der Waals surface area contributed by atoms with Gasteiger partial charge in [0, 0.05) is 34.6 Å². The molecule has 0 aliphatic rings. The number of rotatable bonds is 10. The molecule has 0 aliphatic carbocycles. The van der Waals surface area contributed by atoms with Crippen LogP contribution in [-0.2, 0) is 11.3 Å². The second kappa shape index (κ2) is 13.8. The molecule has 0 radical (unpaired) electrons. The molecule has 0 unspecified atom stereocenters. The molecule has 5 aromatic rings. The van der Waals surface area contributed by atoms with Crippen LogP contribution in [0.25, 0.3) is 27.6 Å². The Morgan fingerprint density at radius 3 is 2.00 bits per heavy atom. The smallest absolute Gasteiger partial charge is 0.355 e. The van der Waals surface area contributed by atoms with Crippen molar-refractivity contribution in [1.82, 2.24) is 9.55 Å². The molecule has 3 aromatic carbocycles. The molecule has 2 heterocycles. The molecule has 5 rings (SSSR count). The Labute approximate surface area is 260 Å². The van der Waals surface area contributed by atoms with Gasteiger partial charge in [0.15, 0.2) is 23.0 Å². The molecule has 0 saturated carbocycles.